The summed E-state index contributed by atoms with van der Waals surface area (Å²) >= 11 is 0. The summed E-state index contributed by atoms with van der Waals surface area (Å²) in [6, 6.07) is 10.7. The Labute approximate surface area is 195 Å². The Balaban J connectivity index is 1.64. The van der Waals surface area contributed by atoms with Gasteiger partial charge in [0.15, 0.2) is 0 Å². The molecule has 1 fully saturated rings. The summed E-state index contributed by atoms with van der Waals surface area (Å²) in [6.45, 7) is 4.70. The molecule has 1 heterocycles. The van der Waals surface area contributed by atoms with E-state index < -0.39 is 20.0 Å². The van der Waals surface area contributed by atoms with E-state index in [4.69, 9.17) is 0 Å². The highest BCUT2D eigenvalue weighted by atomic mass is 32.2. The molecule has 0 aromatic heterocycles. The Hall–Kier alpha value is -2.63. The number of hydrogen-bond donors (Lipinski definition) is 2. The maximum atomic E-state index is 12.6. The predicted molar refractivity (Wildman–Crippen MR) is 127 cm³/mol. The van der Waals surface area contributed by atoms with E-state index in [1.165, 1.54) is 38.9 Å². The van der Waals surface area contributed by atoms with E-state index in [1.807, 2.05) is 0 Å². The smallest absolute Gasteiger partial charge is 0.243 e. The highest BCUT2D eigenvalue weighted by Crippen LogP contribution is 2.32. The molecular weight excluding hydrogens is 466 g/mol. The van der Waals surface area contributed by atoms with Gasteiger partial charge < -0.3 is 10.4 Å². The second kappa shape index (κ2) is 10.1. The second-order valence-electron chi connectivity index (χ2n) is 7.72. The molecular formula is C22H29N3O6S2. The van der Waals surface area contributed by atoms with E-state index in [-0.39, 0.29) is 34.4 Å². The van der Waals surface area contributed by atoms with Crippen LogP contribution in [0, 0.1) is 0 Å². The number of aromatic hydroxyl groups is 1. The first-order valence-electron chi connectivity index (χ1n) is 10.8. The molecule has 1 aliphatic rings. The zero-order valence-electron chi connectivity index (χ0n) is 18.7. The van der Waals surface area contributed by atoms with Crippen LogP contribution in [0.25, 0.3) is 0 Å². The maximum Gasteiger partial charge on any atom is 0.243 e. The molecule has 2 N–H and O–H groups in total. The minimum absolute atomic E-state index is 0.0740. The lowest BCUT2D eigenvalue weighted by Crippen LogP contribution is -2.30. The average Bonchev–Trinajstić information content (AvgIpc) is 3.13. The fraction of sp³-hybridized carbons (Fsp3) is 0.409. The van der Waals surface area contributed by atoms with Gasteiger partial charge in [-0.05, 0) is 48.7 Å². The number of hydrogen-bond acceptors (Lipinski definition) is 6. The van der Waals surface area contributed by atoms with Crippen LogP contribution in [0.3, 0.4) is 0 Å². The topological polar surface area (TPSA) is 124 Å². The van der Waals surface area contributed by atoms with Crippen molar-refractivity contribution in [3.63, 3.8) is 0 Å². The molecule has 180 valence electrons. The third-order valence-electron chi connectivity index (χ3n) is 5.55. The number of rotatable bonds is 9. The van der Waals surface area contributed by atoms with E-state index in [2.05, 4.69) is 5.32 Å². The van der Waals surface area contributed by atoms with Gasteiger partial charge in [0, 0.05) is 26.1 Å². The van der Waals surface area contributed by atoms with Gasteiger partial charge in [-0.2, -0.15) is 4.31 Å². The summed E-state index contributed by atoms with van der Waals surface area (Å²) in [4.78, 5) is 12.6. The Morgan fingerprint density at radius 2 is 1.79 bits per heavy atom. The SMILES string of the molecule is CCN(CC)S(=O)(=O)c1ccc(CCC(=O)Nc2cc(N3CCCS3(=O)=O)ccc2O)cc1. The molecule has 0 aliphatic carbocycles. The average molecular weight is 496 g/mol. The van der Waals surface area contributed by atoms with Crippen molar-refractivity contribution >= 4 is 37.3 Å². The van der Waals surface area contributed by atoms with Gasteiger partial charge in [0.25, 0.3) is 0 Å². The molecule has 2 aromatic rings. The number of benzene rings is 2. The fourth-order valence-electron chi connectivity index (χ4n) is 3.72. The number of sulfonamides is 2. The zero-order valence-corrected chi connectivity index (χ0v) is 20.3. The van der Waals surface area contributed by atoms with Crippen LogP contribution >= 0.6 is 0 Å². The monoisotopic (exact) mass is 495 g/mol. The number of nitrogens with one attached hydrogen (secondary N) is 1. The summed E-state index contributed by atoms with van der Waals surface area (Å²) in [7, 11) is -6.91. The highest BCUT2D eigenvalue weighted by Gasteiger charge is 2.29. The van der Waals surface area contributed by atoms with Crippen molar-refractivity contribution in [1.82, 2.24) is 4.31 Å². The number of carbonyl (C=O) groups is 1. The van der Waals surface area contributed by atoms with E-state index in [9.17, 15) is 26.7 Å². The Morgan fingerprint density at radius 3 is 2.36 bits per heavy atom. The van der Waals surface area contributed by atoms with Crippen LogP contribution in [-0.4, -0.2) is 57.5 Å². The molecule has 0 radical (unpaired) electrons. The minimum Gasteiger partial charge on any atom is -0.506 e. The van der Waals surface area contributed by atoms with Crippen molar-refractivity contribution in [3.8, 4) is 5.75 Å². The van der Waals surface area contributed by atoms with Gasteiger partial charge >= 0.3 is 0 Å². The summed E-state index contributed by atoms with van der Waals surface area (Å²) < 4.78 is 52.1. The lowest BCUT2D eigenvalue weighted by Gasteiger charge is -2.18. The molecule has 11 heteroatoms. The third kappa shape index (κ3) is 5.66. The van der Waals surface area contributed by atoms with Crippen LogP contribution in [0.2, 0.25) is 0 Å². The van der Waals surface area contributed by atoms with Crippen LogP contribution < -0.4 is 9.62 Å². The van der Waals surface area contributed by atoms with E-state index >= 15 is 0 Å². The Kier molecular flexibility index (Phi) is 7.65. The standard InChI is InChI=1S/C22H29N3O6S2/c1-3-24(4-2)33(30,31)19-10-6-17(7-11-19)8-13-22(27)23-20-16-18(9-12-21(20)26)25-14-5-15-32(25,28)29/h6-7,9-12,16,26H,3-5,8,13-15H2,1-2H3,(H,23,27). The minimum atomic E-state index is -3.53. The Morgan fingerprint density at radius 1 is 1.12 bits per heavy atom. The lowest BCUT2D eigenvalue weighted by molar-refractivity contribution is -0.116. The van der Waals surface area contributed by atoms with Gasteiger partial charge in [-0.3, -0.25) is 9.10 Å². The molecule has 0 unspecified atom stereocenters. The predicted octanol–water partition coefficient (Wildman–Crippen LogP) is 2.53. The normalized spacial score (nSPS) is 15.7. The van der Waals surface area contributed by atoms with Crippen LogP contribution in [0.5, 0.6) is 5.75 Å². The molecule has 0 saturated carbocycles. The zero-order chi connectivity index (χ0) is 24.2. The molecule has 33 heavy (non-hydrogen) atoms. The van der Waals surface area contributed by atoms with Gasteiger partial charge in [-0.15, -0.1) is 0 Å². The van der Waals surface area contributed by atoms with Gasteiger partial charge in [0.2, 0.25) is 26.0 Å². The van der Waals surface area contributed by atoms with Crippen LogP contribution in [0.1, 0.15) is 32.3 Å². The first-order chi connectivity index (χ1) is 15.6. The largest absolute Gasteiger partial charge is 0.506 e. The first-order valence-corrected chi connectivity index (χ1v) is 13.9. The van der Waals surface area contributed by atoms with Gasteiger partial charge in [0.05, 0.1) is 22.0 Å². The summed E-state index contributed by atoms with van der Waals surface area (Å²) in [5, 5.41) is 12.7. The number of anilines is 2. The lowest BCUT2D eigenvalue weighted by atomic mass is 10.1. The number of phenols is 1. The molecule has 1 aliphatic heterocycles. The maximum absolute atomic E-state index is 12.6. The fourth-order valence-corrected chi connectivity index (χ4v) is 6.73. The number of nitrogens with zero attached hydrogens (tertiary/aromatic N) is 2. The first kappa shape index (κ1) is 25.0. The van der Waals surface area contributed by atoms with Crippen molar-refractivity contribution in [2.75, 3.05) is 35.0 Å². The van der Waals surface area contributed by atoms with Crippen molar-refractivity contribution in [2.45, 2.75) is 38.0 Å². The molecule has 1 amide bonds. The van der Waals surface area contributed by atoms with Gasteiger partial charge in [-0.1, -0.05) is 26.0 Å². The van der Waals surface area contributed by atoms with Gasteiger partial charge in [0.1, 0.15) is 5.75 Å². The number of amides is 1. The Bertz CT molecular complexity index is 1210. The van der Waals surface area contributed by atoms with E-state index in [0.29, 0.717) is 38.2 Å². The van der Waals surface area contributed by atoms with Crippen molar-refractivity contribution in [3.05, 3.63) is 48.0 Å². The van der Waals surface area contributed by atoms with E-state index in [1.54, 1.807) is 26.0 Å². The molecule has 2 aromatic carbocycles. The molecule has 3 rings (SSSR count). The summed E-state index contributed by atoms with van der Waals surface area (Å²) in [5.41, 5.74) is 1.33. The second-order valence-corrected chi connectivity index (χ2v) is 11.7. The number of carbonyl (C=O) groups excluding carboxylic acids is 1. The molecule has 1 saturated heterocycles. The highest BCUT2D eigenvalue weighted by molar-refractivity contribution is 7.93. The molecule has 0 bridgehead atoms. The van der Waals surface area contributed by atoms with Crippen molar-refractivity contribution in [2.24, 2.45) is 0 Å². The molecule has 9 nitrogen and oxygen atoms in total. The van der Waals surface area contributed by atoms with E-state index in [0.717, 1.165) is 5.56 Å². The van der Waals surface area contributed by atoms with Crippen molar-refractivity contribution in [1.29, 1.82) is 0 Å². The van der Waals surface area contributed by atoms with Gasteiger partial charge in [-0.25, -0.2) is 16.8 Å². The van der Waals surface area contributed by atoms with Crippen LogP contribution in [0.4, 0.5) is 11.4 Å². The molecule has 0 atom stereocenters. The third-order valence-corrected chi connectivity index (χ3v) is 9.48. The molecule has 0 spiro atoms. The van der Waals surface area contributed by atoms with Crippen LogP contribution in [0.15, 0.2) is 47.4 Å². The van der Waals surface area contributed by atoms with Crippen molar-refractivity contribution < 1.29 is 26.7 Å². The summed E-state index contributed by atoms with van der Waals surface area (Å²) in [6.07, 6.45) is 1.01. The number of aryl methyl sites for hydroxylation is 1. The van der Waals surface area contributed by atoms with Crippen LogP contribution in [-0.2, 0) is 31.3 Å². The quantitative estimate of drug-likeness (QED) is 0.515. The number of phenolic OH excluding ortho intramolecular Hbond substituents is 1. The summed E-state index contributed by atoms with van der Waals surface area (Å²) in [5.74, 6) is -0.439.